The van der Waals surface area contributed by atoms with E-state index in [0.29, 0.717) is 5.69 Å². The minimum absolute atomic E-state index is 0.0211. The second kappa shape index (κ2) is 7.08. The van der Waals surface area contributed by atoms with Gasteiger partial charge in [0, 0.05) is 6.20 Å². The van der Waals surface area contributed by atoms with Crippen LogP contribution in [0, 0.1) is 6.92 Å². The van der Waals surface area contributed by atoms with Gasteiger partial charge in [0.2, 0.25) is 0 Å². The van der Waals surface area contributed by atoms with E-state index in [0.717, 1.165) is 10.5 Å². The van der Waals surface area contributed by atoms with Gasteiger partial charge in [0.05, 0.1) is 24.5 Å². The third kappa shape index (κ3) is 3.79. The van der Waals surface area contributed by atoms with Gasteiger partial charge < -0.3 is 10.1 Å². The molecule has 1 unspecified atom stereocenters. The molecule has 2 heterocycles. The molecule has 2 aromatic rings. The standard InChI is InChI=1S/C17H16N4O4/c1-11-7-19-13(8-18-11)16(23)20-14(12-5-3-2-4-6-12)9-21-15(22)10-25-17(21)24/h2-8,14H,9-10H2,1H3,(H,20,23). The molecule has 3 amide bonds. The summed E-state index contributed by atoms with van der Waals surface area (Å²) in [4.78, 5) is 45.0. The number of amides is 3. The first kappa shape index (κ1) is 16.6. The maximum Gasteiger partial charge on any atom is 0.417 e. The molecular weight excluding hydrogens is 324 g/mol. The van der Waals surface area contributed by atoms with E-state index >= 15 is 0 Å². The molecule has 1 atom stereocenters. The highest BCUT2D eigenvalue weighted by molar-refractivity contribution is 5.98. The van der Waals surface area contributed by atoms with Gasteiger partial charge in [0.15, 0.2) is 6.61 Å². The Balaban J connectivity index is 1.81. The van der Waals surface area contributed by atoms with Crippen molar-refractivity contribution in [3.63, 3.8) is 0 Å². The number of cyclic esters (lactones) is 1. The number of aryl methyl sites for hydroxylation is 1. The number of rotatable bonds is 5. The van der Waals surface area contributed by atoms with Gasteiger partial charge in [-0.3, -0.25) is 14.6 Å². The Kier molecular flexibility index (Phi) is 4.69. The van der Waals surface area contributed by atoms with Crippen molar-refractivity contribution in [3.05, 3.63) is 59.7 Å². The third-order valence-corrected chi connectivity index (χ3v) is 3.73. The van der Waals surface area contributed by atoms with Gasteiger partial charge in [-0.15, -0.1) is 0 Å². The molecule has 0 aliphatic carbocycles. The summed E-state index contributed by atoms with van der Waals surface area (Å²) in [7, 11) is 0. The molecule has 1 fully saturated rings. The van der Waals surface area contributed by atoms with Crippen LogP contribution < -0.4 is 5.32 Å². The second-order valence-electron chi connectivity index (χ2n) is 5.54. The first-order valence-electron chi connectivity index (χ1n) is 7.66. The fourth-order valence-electron chi connectivity index (χ4n) is 2.40. The molecule has 8 nitrogen and oxygen atoms in total. The molecule has 3 rings (SSSR count). The lowest BCUT2D eigenvalue weighted by atomic mass is 10.1. The van der Waals surface area contributed by atoms with Crippen LogP contribution in [-0.2, 0) is 9.53 Å². The zero-order chi connectivity index (χ0) is 17.8. The van der Waals surface area contributed by atoms with E-state index in [1.54, 1.807) is 19.1 Å². The molecule has 1 aromatic heterocycles. The Bertz CT molecular complexity index is 776. The highest BCUT2D eigenvalue weighted by Crippen LogP contribution is 2.18. The van der Waals surface area contributed by atoms with Crippen LogP contribution in [0.3, 0.4) is 0 Å². The van der Waals surface area contributed by atoms with Crippen LogP contribution in [0.2, 0.25) is 0 Å². The molecule has 1 aliphatic heterocycles. The van der Waals surface area contributed by atoms with E-state index in [2.05, 4.69) is 15.3 Å². The van der Waals surface area contributed by atoms with Crippen molar-refractivity contribution >= 4 is 17.9 Å². The molecule has 0 spiro atoms. The normalized spacial score (nSPS) is 15.0. The lowest BCUT2D eigenvalue weighted by Gasteiger charge is -2.22. The molecule has 0 saturated carbocycles. The first-order chi connectivity index (χ1) is 12.0. The van der Waals surface area contributed by atoms with Crippen molar-refractivity contribution < 1.29 is 19.1 Å². The number of aromatic nitrogens is 2. The SMILES string of the molecule is Cc1cnc(C(=O)NC(CN2C(=O)COC2=O)c2ccccc2)cn1. The van der Waals surface area contributed by atoms with Crippen molar-refractivity contribution in [1.82, 2.24) is 20.2 Å². The molecular formula is C17H16N4O4. The Hall–Kier alpha value is -3.29. The van der Waals surface area contributed by atoms with Crippen molar-refractivity contribution in [3.8, 4) is 0 Å². The number of carbonyl (C=O) groups is 3. The number of nitrogens with zero attached hydrogens (tertiary/aromatic N) is 3. The fraction of sp³-hybridized carbons (Fsp3) is 0.235. The Labute approximate surface area is 143 Å². The van der Waals surface area contributed by atoms with E-state index in [4.69, 9.17) is 4.74 Å². The highest BCUT2D eigenvalue weighted by Gasteiger charge is 2.33. The molecule has 1 aromatic carbocycles. The first-order valence-corrected chi connectivity index (χ1v) is 7.66. The minimum atomic E-state index is -0.713. The monoisotopic (exact) mass is 340 g/mol. The van der Waals surface area contributed by atoms with E-state index < -0.39 is 23.9 Å². The summed E-state index contributed by atoms with van der Waals surface area (Å²) in [5.74, 6) is -0.878. The lowest BCUT2D eigenvalue weighted by molar-refractivity contribution is -0.126. The Morgan fingerprint density at radius 3 is 2.60 bits per heavy atom. The van der Waals surface area contributed by atoms with E-state index in [-0.39, 0.29) is 18.8 Å². The highest BCUT2D eigenvalue weighted by atomic mass is 16.6. The number of ether oxygens (including phenoxy) is 1. The number of benzene rings is 1. The average Bonchev–Trinajstić information content (AvgIpc) is 2.94. The van der Waals surface area contributed by atoms with Gasteiger partial charge in [-0.2, -0.15) is 0 Å². The molecule has 0 bridgehead atoms. The van der Waals surface area contributed by atoms with Crippen LogP contribution in [0.4, 0.5) is 4.79 Å². The molecule has 1 N–H and O–H groups in total. The quantitative estimate of drug-likeness (QED) is 0.878. The van der Waals surface area contributed by atoms with Gasteiger partial charge in [0.25, 0.3) is 11.8 Å². The molecule has 0 radical (unpaired) electrons. The van der Waals surface area contributed by atoms with Crippen molar-refractivity contribution in [2.24, 2.45) is 0 Å². The van der Waals surface area contributed by atoms with E-state index in [1.165, 1.54) is 12.4 Å². The van der Waals surface area contributed by atoms with Crippen LogP contribution in [-0.4, -0.2) is 45.9 Å². The summed E-state index contributed by atoms with van der Waals surface area (Å²) in [6.45, 7) is 1.47. The predicted molar refractivity (Wildman–Crippen MR) is 86.5 cm³/mol. The summed E-state index contributed by atoms with van der Waals surface area (Å²) in [6.07, 6.45) is 2.16. The van der Waals surface area contributed by atoms with Crippen LogP contribution in [0.1, 0.15) is 27.8 Å². The van der Waals surface area contributed by atoms with Gasteiger partial charge in [-0.05, 0) is 12.5 Å². The Morgan fingerprint density at radius 2 is 2.00 bits per heavy atom. The number of hydrogen-bond acceptors (Lipinski definition) is 6. The van der Waals surface area contributed by atoms with Crippen LogP contribution >= 0.6 is 0 Å². The van der Waals surface area contributed by atoms with Gasteiger partial charge in [-0.25, -0.2) is 14.7 Å². The maximum absolute atomic E-state index is 12.4. The average molecular weight is 340 g/mol. The molecule has 1 aliphatic rings. The van der Waals surface area contributed by atoms with Crippen LogP contribution in [0.25, 0.3) is 0 Å². The lowest BCUT2D eigenvalue weighted by Crippen LogP contribution is -2.40. The van der Waals surface area contributed by atoms with Gasteiger partial charge in [-0.1, -0.05) is 30.3 Å². The minimum Gasteiger partial charge on any atom is -0.439 e. The summed E-state index contributed by atoms with van der Waals surface area (Å²) in [5, 5.41) is 2.79. The zero-order valence-electron chi connectivity index (χ0n) is 13.5. The second-order valence-corrected chi connectivity index (χ2v) is 5.54. The van der Waals surface area contributed by atoms with Gasteiger partial charge in [0.1, 0.15) is 5.69 Å². The summed E-state index contributed by atoms with van der Waals surface area (Å²) < 4.78 is 4.72. The van der Waals surface area contributed by atoms with Crippen LogP contribution in [0.15, 0.2) is 42.7 Å². The Morgan fingerprint density at radius 1 is 1.24 bits per heavy atom. The number of hydrogen-bond donors (Lipinski definition) is 1. The van der Waals surface area contributed by atoms with Crippen molar-refractivity contribution in [2.75, 3.05) is 13.2 Å². The predicted octanol–water partition coefficient (Wildman–Crippen LogP) is 1.23. The summed E-state index contributed by atoms with van der Waals surface area (Å²) >= 11 is 0. The van der Waals surface area contributed by atoms with Crippen LogP contribution in [0.5, 0.6) is 0 Å². The third-order valence-electron chi connectivity index (χ3n) is 3.73. The fourth-order valence-corrected chi connectivity index (χ4v) is 2.40. The van der Waals surface area contributed by atoms with E-state index in [1.807, 2.05) is 18.2 Å². The number of imide groups is 1. The molecule has 8 heteroatoms. The summed E-state index contributed by atoms with van der Waals surface area (Å²) in [5.41, 5.74) is 1.60. The van der Waals surface area contributed by atoms with Crippen molar-refractivity contribution in [2.45, 2.75) is 13.0 Å². The molecule has 25 heavy (non-hydrogen) atoms. The summed E-state index contributed by atoms with van der Waals surface area (Å²) in [6, 6.07) is 8.47. The smallest absolute Gasteiger partial charge is 0.417 e. The zero-order valence-corrected chi connectivity index (χ0v) is 13.5. The maximum atomic E-state index is 12.4. The van der Waals surface area contributed by atoms with Gasteiger partial charge >= 0.3 is 6.09 Å². The molecule has 128 valence electrons. The topological polar surface area (TPSA) is 101 Å². The molecule has 1 saturated heterocycles. The number of carbonyl (C=O) groups excluding carboxylic acids is 3. The van der Waals surface area contributed by atoms with E-state index in [9.17, 15) is 14.4 Å². The largest absolute Gasteiger partial charge is 0.439 e. The van der Waals surface area contributed by atoms with Crippen molar-refractivity contribution in [1.29, 1.82) is 0 Å². The number of nitrogens with one attached hydrogen (secondary N) is 1.